The van der Waals surface area contributed by atoms with Crippen molar-refractivity contribution in [2.45, 2.75) is 26.2 Å². The fourth-order valence-corrected chi connectivity index (χ4v) is 4.17. The summed E-state index contributed by atoms with van der Waals surface area (Å²) in [6.07, 6.45) is 0.271. The van der Waals surface area contributed by atoms with Crippen LogP contribution in [0, 0.1) is 11.8 Å². The Morgan fingerprint density at radius 2 is 1.62 bits per heavy atom. The van der Waals surface area contributed by atoms with Gasteiger partial charge in [-0.05, 0) is 34.6 Å². The first-order valence-electron chi connectivity index (χ1n) is 10.3. The Morgan fingerprint density at radius 3 is 2.24 bits per heavy atom. The summed E-state index contributed by atoms with van der Waals surface area (Å²) in [4.78, 5) is 26.4. The van der Waals surface area contributed by atoms with Crippen molar-refractivity contribution in [1.82, 2.24) is 4.90 Å². The molecular weight excluding hydrogens is 366 g/mol. The van der Waals surface area contributed by atoms with Crippen LogP contribution < -0.4 is 0 Å². The molecule has 0 spiro atoms. The monoisotopic (exact) mass is 393 g/mol. The predicted octanol–water partition coefficient (Wildman–Crippen LogP) is 4.46. The number of fused-ring (bicyclic) bond motifs is 3. The number of likely N-dealkylation sites (tertiary alicyclic amines) is 1. The number of benzene rings is 2. The lowest BCUT2D eigenvalue weighted by molar-refractivity contribution is -0.149. The van der Waals surface area contributed by atoms with Gasteiger partial charge in [-0.25, -0.2) is 4.79 Å². The number of nitrogens with zero attached hydrogens (tertiary/aromatic N) is 1. The normalized spacial score (nSPS) is 17.9. The van der Waals surface area contributed by atoms with Gasteiger partial charge in [-0.1, -0.05) is 62.4 Å². The molecular formula is C24H27NO4. The zero-order chi connectivity index (χ0) is 20.4. The third-order valence-corrected chi connectivity index (χ3v) is 5.67. The maximum absolute atomic E-state index is 12.6. The Hall–Kier alpha value is -2.82. The minimum absolute atomic E-state index is 0.0424. The number of hydrogen-bond acceptors (Lipinski definition) is 4. The van der Waals surface area contributed by atoms with Crippen LogP contribution in [0.5, 0.6) is 0 Å². The van der Waals surface area contributed by atoms with E-state index < -0.39 is 0 Å². The van der Waals surface area contributed by atoms with E-state index in [9.17, 15) is 9.59 Å². The van der Waals surface area contributed by atoms with Crippen LogP contribution in [0.2, 0.25) is 0 Å². The van der Waals surface area contributed by atoms with Gasteiger partial charge in [-0.15, -0.1) is 0 Å². The summed E-state index contributed by atoms with van der Waals surface area (Å²) in [5, 5.41) is 0. The second-order valence-electron chi connectivity index (χ2n) is 8.26. The molecule has 1 amide bonds. The first-order chi connectivity index (χ1) is 14.0. The van der Waals surface area contributed by atoms with Crippen LogP contribution in [0.1, 0.15) is 37.3 Å². The molecule has 1 unspecified atom stereocenters. The fourth-order valence-electron chi connectivity index (χ4n) is 4.17. The number of amides is 1. The Morgan fingerprint density at radius 1 is 1.00 bits per heavy atom. The quantitative estimate of drug-likeness (QED) is 0.704. The largest absolute Gasteiger partial charge is 0.465 e. The molecule has 1 saturated heterocycles. The molecule has 1 heterocycles. The molecule has 0 radical (unpaired) electrons. The molecule has 1 atom stereocenters. The van der Waals surface area contributed by atoms with Gasteiger partial charge in [0.25, 0.3) is 0 Å². The predicted molar refractivity (Wildman–Crippen MR) is 111 cm³/mol. The Labute approximate surface area is 171 Å². The van der Waals surface area contributed by atoms with E-state index in [0.717, 1.165) is 0 Å². The highest BCUT2D eigenvalue weighted by Gasteiger charge is 2.34. The minimum atomic E-state index is -0.356. The van der Waals surface area contributed by atoms with E-state index in [1.54, 1.807) is 4.90 Å². The molecule has 29 heavy (non-hydrogen) atoms. The molecule has 5 heteroatoms. The van der Waals surface area contributed by atoms with Crippen molar-refractivity contribution >= 4 is 12.1 Å². The van der Waals surface area contributed by atoms with Crippen molar-refractivity contribution in [1.29, 1.82) is 0 Å². The van der Waals surface area contributed by atoms with E-state index in [-0.39, 0.29) is 23.9 Å². The second-order valence-corrected chi connectivity index (χ2v) is 8.26. The molecule has 2 aromatic rings. The van der Waals surface area contributed by atoms with Crippen LogP contribution >= 0.6 is 0 Å². The zero-order valence-corrected chi connectivity index (χ0v) is 17.0. The van der Waals surface area contributed by atoms with Gasteiger partial charge in [0.15, 0.2) is 0 Å². The maximum atomic E-state index is 12.6. The zero-order valence-electron chi connectivity index (χ0n) is 17.0. The van der Waals surface area contributed by atoms with Gasteiger partial charge >= 0.3 is 12.1 Å². The van der Waals surface area contributed by atoms with E-state index in [0.29, 0.717) is 38.6 Å². The summed E-state index contributed by atoms with van der Waals surface area (Å²) < 4.78 is 11.0. The molecule has 4 rings (SSSR count). The van der Waals surface area contributed by atoms with E-state index in [4.69, 9.17) is 9.47 Å². The molecule has 0 N–H and O–H groups in total. The highest BCUT2D eigenvalue weighted by Crippen LogP contribution is 2.44. The minimum Gasteiger partial charge on any atom is -0.465 e. The molecule has 1 fully saturated rings. The van der Waals surface area contributed by atoms with Gasteiger partial charge in [0.2, 0.25) is 0 Å². The standard InChI is InChI=1S/C24H27NO4/c1-16(2)14-28-23(26)17-11-12-25(13-17)24(27)29-15-22-20-9-5-3-7-18(20)19-8-4-6-10-21(19)22/h3-10,16-17,22H,11-15H2,1-2H3. The summed E-state index contributed by atoms with van der Waals surface area (Å²) in [6.45, 7) is 5.62. The van der Waals surface area contributed by atoms with Crippen molar-refractivity contribution in [2.24, 2.45) is 11.8 Å². The molecule has 1 aliphatic carbocycles. The highest BCUT2D eigenvalue weighted by molar-refractivity contribution is 5.79. The molecule has 152 valence electrons. The van der Waals surface area contributed by atoms with Crippen molar-refractivity contribution in [3.05, 3.63) is 59.7 Å². The summed E-state index contributed by atoms with van der Waals surface area (Å²) in [7, 11) is 0. The van der Waals surface area contributed by atoms with Gasteiger partial charge in [0.1, 0.15) is 6.61 Å². The third-order valence-electron chi connectivity index (χ3n) is 5.67. The van der Waals surface area contributed by atoms with Gasteiger partial charge < -0.3 is 14.4 Å². The van der Waals surface area contributed by atoms with Crippen LogP contribution in [0.25, 0.3) is 11.1 Å². The molecule has 5 nitrogen and oxygen atoms in total. The molecule has 0 bridgehead atoms. The summed E-state index contributed by atoms with van der Waals surface area (Å²) in [6, 6.07) is 16.5. The molecule has 0 saturated carbocycles. The van der Waals surface area contributed by atoms with E-state index in [2.05, 4.69) is 24.3 Å². The molecule has 0 aromatic heterocycles. The van der Waals surface area contributed by atoms with Crippen molar-refractivity contribution < 1.29 is 19.1 Å². The molecule has 2 aliphatic rings. The van der Waals surface area contributed by atoms with Gasteiger partial charge in [-0.2, -0.15) is 0 Å². The summed E-state index contributed by atoms with van der Waals surface area (Å²) >= 11 is 0. The van der Waals surface area contributed by atoms with Gasteiger partial charge in [-0.3, -0.25) is 4.79 Å². The number of carbonyl (C=O) groups is 2. The van der Waals surface area contributed by atoms with Crippen LogP contribution in [0.4, 0.5) is 4.79 Å². The lowest BCUT2D eigenvalue weighted by atomic mass is 9.98. The average Bonchev–Trinajstić information content (AvgIpc) is 3.34. The first-order valence-corrected chi connectivity index (χ1v) is 10.3. The summed E-state index contributed by atoms with van der Waals surface area (Å²) in [5.41, 5.74) is 4.80. The summed E-state index contributed by atoms with van der Waals surface area (Å²) in [5.74, 6) is -0.124. The smallest absolute Gasteiger partial charge is 0.409 e. The average molecular weight is 393 g/mol. The van der Waals surface area contributed by atoms with Crippen molar-refractivity contribution in [2.75, 3.05) is 26.3 Å². The number of hydrogen-bond donors (Lipinski definition) is 0. The Balaban J connectivity index is 1.37. The maximum Gasteiger partial charge on any atom is 0.409 e. The topological polar surface area (TPSA) is 55.8 Å². The van der Waals surface area contributed by atoms with Crippen LogP contribution in [-0.4, -0.2) is 43.3 Å². The van der Waals surface area contributed by atoms with Crippen LogP contribution in [0.15, 0.2) is 48.5 Å². The van der Waals surface area contributed by atoms with Gasteiger partial charge in [0.05, 0.1) is 12.5 Å². The second kappa shape index (κ2) is 8.27. The lowest BCUT2D eigenvalue weighted by Gasteiger charge is -2.19. The molecule has 1 aliphatic heterocycles. The highest BCUT2D eigenvalue weighted by atomic mass is 16.6. The van der Waals surface area contributed by atoms with Crippen LogP contribution in [0.3, 0.4) is 0 Å². The lowest BCUT2D eigenvalue weighted by Crippen LogP contribution is -2.32. The molecule has 2 aromatic carbocycles. The Kier molecular flexibility index (Phi) is 5.56. The SMILES string of the molecule is CC(C)COC(=O)C1CCN(C(=O)OCC2c3ccccc3-c3ccccc32)C1. The van der Waals surface area contributed by atoms with Crippen molar-refractivity contribution in [3.8, 4) is 11.1 Å². The Bertz CT molecular complexity index is 862. The number of carbonyl (C=O) groups excluding carboxylic acids is 2. The van der Waals surface area contributed by atoms with Crippen LogP contribution in [-0.2, 0) is 14.3 Å². The van der Waals surface area contributed by atoms with E-state index in [1.807, 2.05) is 38.1 Å². The van der Waals surface area contributed by atoms with Crippen molar-refractivity contribution in [3.63, 3.8) is 0 Å². The number of rotatable bonds is 5. The van der Waals surface area contributed by atoms with E-state index in [1.165, 1.54) is 22.3 Å². The van der Waals surface area contributed by atoms with Gasteiger partial charge in [0, 0.05) is 19.0 Å². The first kappa shape index (κ1) is 19.5. The fraction of sp³-hybridized carbons (Fsp3) is 0.417. The number of esters is 1. The third kappa shape index (κ3) is 4.00. The van der Waals surface area contributed by atoms with E-state index >= 15 is 0 Å². The number of ether oxygens (including phenoxy) is 2.